The number of thiophene rings is 1. The molecule has 0 spiro atoms. The summed E-state index contributed by atoms with van der Waals surface area (Å²) in [6, 6.07) is 8.64. The molecule has 2 fully saturated rings. The molecule has 5 rings (SSSR count). The average Bonchev–Trinajstić information content (AvgIpc) is 3.58. The van der Waals surface area contributed by atoms with Crippen LogP contribution >= 0.6 is 22.7 Å². The van der Waals surface area contributed by atoms with E-state index in [4.69, 9.17) is 9.72 Å². The fourth-order valence-electron chi connectivity index (χ4n) is 4.53. The monoisotopic (exact) mass is 505 g/mol. The van der Waals surface area contributed by atoms with Gasteiger partial charge in [0.25, 0.3) is 10.0 Å². The number of aryl methyl sites for hydroxylation is 1. The van der Waals surface area contributed by atoms with E-state index in [2.05, 4.69) is 6.07 Å². The summed E-state index contributed by atoms with van der Waals surface area (Å²) < 4.78 is 35.3. The molecule has 2 atom stereocenters. The van der Waals surface area contributed by atoms with Crippen LogP contribution in [-0.4, -0.2) is 55.5 Å². The van der Waals surface area contributed by atoms with Gasteiger partial charge in [0.1, 0.15) is 10.3 Å². The summed E-state index contributed by atoms with van der Waals surface area (Å²) in [5.41, 5.74) is 1.98. The maximum atomic E-state index is 14.0. The zero-order chi connectivity index (χ0) is 23.0. The van der Waals surface area contributed by atoms with Crippen LogP contribution in [-0.2, 0) is 19.6 Å². The molecule has 10 heteroatoms. The van der Waals surface area contributed by atoms with Crippen LogP contribution in [0.15, 0.2) is 39.9 Å². The van der Waals surface area contributed by atoms with Gasteiger partial charge in [-0.3, -0.25) is 9.69 Å². The first-order valence-electron chi connectivity index (χ1n) is 11.3. The number of carbonyl (C=O) groups is 1. The number of hydrogen-bond acceptors (Lipinski definition) is 7. The van der Waals surface area contributed by atoms with Crippen LogP contribution < -0.4 is 4.90 Å². The second-order valence-corrected chi connectivity index (χ2v) is 12.7. The Balaban J connectivity index is 1.50. The molecule has 3 aromatic rings. The van der Waals surface area contributed by atoms with Crippen molar-refractivity contribution < 1.29 is 17.9 Å². The molecule has 2 aliphatic heterocycles. The largest absolute Gasteiger partial charge is 0.376 e. The van der Waals surface area contributed by atoms with E-state index in [1.165, 1.54) is 27.0 Å². The van der Waals surface area contributed by atoms with Crippen LogP contribution in [0.1, 0.15) is 37.7 Å². The van der Waals surface area contributed by atoms with Crippen LogP contribution in [0.3, 0.4) is 0 Å². The Morgan fingerprint density at radius 3 is 2.88 bits per heavy atom. The average molecular weight is 506 g/mol. The third kappa shape index (κ3) is 4.59. The molecule has 0 radical (unpaired) electrons. The van der Waals surface area contributed by atoms with Crippen molar-refractivity contribution in [1.29, 1.82) is 0 Å². The first kappa shape index (κ1) is 22.9. The summed E-state index contributed by atoms with van der Waals surface area (Å²) in [6.45, 7) is 3.46. The van der Waals surface area contributed by atoms with Crippen molar-refractivity contribution in [3.63, 3.8) is 0 Å². The molecule has 0 aliphatic carbocycles. The van der Waals surface area contributed by atoms with Crippen molar-refractivity contribution in [2.45, 2.75) is 55.4 Å². The molecule has 2 aromatic heterocycles. The fraction of sp³-hybridized carbons (Fsp3) is 0.478. The van der Waals surface area contributed by atoms with Gasteiger partial charge in [0.2, 0.25) is 5.91 Å². The van der Waals surface area contributed by atoms with Gasteiger partial charge in [-0.25, -0.2) is 13.4 Å². The molecule has 0 saturated carbocycles. The number of fused-ring (bicyclic) bond motifs is 1. The van der Waals surface area contributed by atoms with Crippen LogP contribution in [0.2, 0.25) is 0 Å². The first-order chi connectivity index (χ1) is 15.9. The Morgan fingerprint density at radius 1 is 1.24 bits per heavy atom. The van der Waals surface area contributed by atoms with E-state index in [-0.39, 0.29) is 16.2 Å². The van der Waals surface area contributed by atoms with Crippen LogP contribution in [0.5, 0.6) is 0 Å². The Bertz CT molecular complexity index is 1230. The summed E-state index contributed by atoms with van der Waals surface area (Å²) in [5.74, 6) is -0.207. The molecule has 1 amide bonds. The molecule has 2 unspecified atom stereocenters. The second-order valence-electron chi connectivity index (χ2n) is 8.61. The maximum absolute atomic E-state index is 14.0. The zero-order valence-corrected chi connectivity index (χ0v) is 20.9. The molecule has 2 saturated heterocycles. The van der Waals surface area contributed by atoms with E-state index in [9.17, 15) is 13.2 Å². The number of rotatable bonds is 6. The molecular formula is C23H27N3O4S3. The van der Waals surface area contributed by atoms with E-state index in [0.29, 0.717) is 31.2 Å². The number of anilines is 1. The molecule has 33 heavy (non-hydrogen) atoms. The number of hydrogen-bond donors (Lipinski definition) is 0. The van der Waals surface area contributed by atoms with E-state index in [0.717, 1.165) is 41.5 Å². The first-order valence-corrected chi connectivity index (χ1v) is 14.4. The number of aromatic nitrogens is 1. The minimum Gasteiger partial charge on any atom is -0.376 e. The van der Waals surface area contributed by atoms with Gasteiger partial charge in [0.05, 0.1) is 22.9 Å². The van der Waals surface area contributed by atoms with Crippen LogP contribution in [0.4, 0.5) is 5.13 Å². The predicted molar refractivity (Wildman–Crippen MR) is 132 cm³/mol. The minimum absolute atomic E-state index is 0.0614. The highest BCUT2D eigenvalue weighted by atomic mass is 32.2. The van der Waals surface area contributed by atoms with E-state index >= 15 is 0 Å². The number of nitrogens with zero attached hydrogens (tertiary/aromatic N) is 3. The van der Waals surface area contributed by atoms with Crippen molar-refractivity contribution in [3.05, 3.63) is 41.3 Å². The summed E-state index contributed by atoms with van der Waals surface area (Å²) in [4.78, 5) is 20.4. The molecule has 2 aliphatic rings. The normalized spacial score (nSPS) is 22.1. The highest BCUT2D eigenvalue weighted by Gasteiger charge is 2.41. The summed E-state index contributed by atoms with van der Waals surface area (Å²) in [5, 5.41) is 2.36. The Hall–Kier alpha value is -1.85. The van der Waals surface area contributed by atoms with Gasteiger partial charge >= 0.3 is 0 Å². The van der Waals surface area contributed by atoms with Gasteiger partial charge in [-0.15, -0.1) is 11.3 Å². The molecule has 0 N–H and O–H groups in total. The Kier molecular flexibility index (Phi) is 6.54. The van der Waals surface area contributed by atoms with Gasteiger partial charge in [-0.1, -0.05) is 29.9 Å². The predicted octanol–water partition coefficient (Wildman–Crippen LogP) is 4.42. The zero-order valence-electron chi connectivity index (χ0n) is 18.5. The Labute approximate surface area is 202 Å². The van der Waals surface area contributed by atoms with Crippen LogP contribution in [0.25, 0.3) is 10.2 Å². The van der Waals surface area contributed by atoms with E-state index in [1.807, 2.05) is 19.1 Å². The number of ether oxygens (including phenoxy) is 1. The third-order valence-electron chi connectivity index (χ3n) is 6.24. The minimum atomic E-state index is -3.73. The molecule has 176 valence electrons. The van der Waals surface area contributed by atoms with Gasteiger partial charge in [-0.05, 0) is 61.7 Å². The van der Waals surface area contributed by atoms with Crippen molar-refractivity contribution in [1.82, 2.24) is 9.29 Å². The highest BCUT2D eigenvalue weighted by Crippen LogP contribution is 2.34. The highest BCUT2D eigenvalue weighted by molar-refractivity contribution is 7.91. The van der Waals surface area contributed by atoms with E-state index < -0.39 is 16.1 Å². The number of thiazole rings is 1. The van der Waals surface area contributed by atoms with E-state index in [1.54, 1.807) is 22.4 Å². The van der Waals surface area contributed by atoms with Crippen molar-refractivity contribution in [2.75, 3.05) is 24.6 Å². The van der Waals surface area contributed by atoms with Gasteiger partial charge in [0.15, 0.2) is 5.13 Å². The molecule has 4 heterocycles. The van der Waals surface area contributed by atoms with Gasteiger partial charge < -0.3 is 4.74 Å². The van der Waals surface area contributed by atoms with Gasteiger partial charge in [0, 0.05) is 13.2 Å². The lowest BCUT2D eigenvalue weighted by Gasteiger charge is -2.36. The Morgan fingerprint density at radius 2 is 2.12 bits per heavy atom. The molecule has 0 bridgehead atoms. The number of sulfonamides is 1. The topological polar surface area (TPSA) is 79.8 Å². The number of carbonyl (C=O) groups excluding carboxylic acids is 1. The maximum Gasteiger partial charge on any atom is 0.253 e. The smallest absolute Gasteiger partial charge is 0.253 e. The third-order valence-corrected chi connectivity index (χ3v) is 10.6. The molecule has 7 nitrogen and oxygen atoms in total. The SMILES string of the molecule is Cc1ccc2nc(N(CC3CCCO3)C(=O)C3CCCCN3S(=O)(=O)c3cccs3)sc2c1. The second kappa shape index (κ2) is 9.42. The quantitative estimate of drug-likeness (QED) is 0.495. The lowest BCUT2D eigenvalue weighted by atomic mass is 10.0. The van der Waals surface area contributed by atoms with Crippen LogP contribution in [0, 0.1) is 6.92 Å². The van der Waals surface area contributed by atoms with Crippen molar-refractivity contribution in [2.24, 2.45) is 0 Å². The fourth-order valence-corrected chi connectivity index (χ4v) is 8.38. The number of piperidine rings is 1. The summed E-state index contributed by atoms with van der Waals surface area (Å²) in [7, 11) is -3.73. The lowest BCUT2D eigenvalue weighted by Crippen LogP contribution is -2.54. The standard InChI is InChI=1S/C23H27N3O4S3/c1-16-9-10-18-20(14-16)32-23(24-18)25(15-17-6-4-12-30-17)22(27)19-7-2-3-11-26(19)33(28,29)21-8-5-13-31-21/h5,8-10,13-14,17,19H,2-4,6-7,11-12,15H2,1H3. The number of benzene rings is 1. The lowest BCUT2D eigenvalue weighted by molar-refractivity contribution is -0.123. The van der Waals surface area contributed by atoms with Gasteiger partial charge in [-0.2, -0.15) is 4.31 Å². The summed E-state index contributed by atoms with van der Waals surface area (Å²) >= 11 is 2.66. The molecule has 1 aromatic carbocycles. The van der Waals surface area contributed by atoms with Crippen molar-refractivity contribution >= 4 is 54.0 Å². The number of amides is 1. The van der Waals surface area contributed by atoms with Crippen molar-refractivity contribution in [3.8, 4) is 0 Å². The molecular weight excluding hydrogens is 478 g/mol. The summed E-state index contributed by atoms with van der Waals surface area (Å²) in [6.07, 6.45) is 3.87.